The number of fused-ring (bicyclic) bond motifs is 4. The number of rotatable bonds is 12. The third-order valence-corrected chi connectivity index (χ3v) is 17.2. The van der Waals surface area contributed by atoms with Gasteiger partial charge in [0.1, 0.15) is 36.1 Å². The Hall–Kier alpha value is -4.66. The minimum atomic E-state index is -2.99. The molecule has 58 heavy (non-hydrogen) atoms. The number of Topliss-reactive ketones (excluding diaryl/α,β-unsaturated/α-hetero) is 2. The van der Waals surface area contributed by atoms with E-state index in [0.717, 1.165) is 11.1 Å². The van der Waals surface area contributed by atoms with Crippen LogP contribution in [0.3, 0.4) is 0 Å². The number of benzene rings is 3. The van der Waals surface area contributed by atoms with E-state index in [1.54, 1.807) is 6.92 Å². The molecule has 4 aromatic rings. The zero-order valence-electron chi connectivity index (χ0n) is 34.4. The summed E-state index contributed by atoms with van der Waals surface area (Å²) < 4.78 is 42.8. The van der Waals surface area contributed by atoms with E-state index in [1.807, 2.05) is 114 Å². The molecule has 0 spiro atoms. The largest absolute Gasteiger partial charge is 0.507 e. The highest BCUT2D eigenvalue weighted by atomic mass is 28.4. The number of halogens is 1. The van der Waals surface area contributed by atoms with Gasteiger partial charge in [-0.3, -0.25) is 14.5 Å². The van der Waals surface area contributed by atoms with Gasteiger partial charge >= 0.3 is 0 Å². The van der Waals surface area contributed by atoms with E-state index >= 15 is 14.0 Å². The number of aromatic nitrogens is 1. The predicted octanol–water partition coefficient (Wildman–Crippen LogP) is 7.64. The maximum atomic E-state index is 17.0. The molecule has 1 aromatic heterocycles. The summed E-state index contributed by atoms with van der Waals surface area (Å²) in [4.78, 5) is 33.2. The molecule has 3 N–H and O–H groups in total. The van der Waals surface area contributed by atoms with Crippen LogP contribution in [0.1, 0.15) is 88.7 Å². The molecule has 308 valence electrons. The molecule has 11 nitrogen and oxygen atoms in total. The first kappa shape index (κ1) is 41.5. The Morgan fingerprint density at radius 2 is 1.53 bits per heavy atom. The second kappa shape index (κ2) is 15.5. The van der Waals surface area contributed by atoms with Crippen molar-refractivity contribution in [3.8, 4) is 11.6 Å². The Bertz CT molecular complexity index is 2250. The Balaban J connectivity index is 1.45. The minimum Gasteiger partial charge on any atom is -0.507 e. The summed E-state index contributed by atoms with van der Waals surface area (Å²) in [6.07, 6.45) is 0.112. The second-order valence-corrected chi connectivity index (χ2v) is 22.3. The van der Waals surface area contributed by atoms with Crippen LogP contribution in [0.15, 0.2) is 70.8 Å². The molecule has 3 aromatic carbocycles. The highest BCUT2D eigenvalue weighted by Crippen LogP contribution is 2.59. The van der Waals surface area contributed by atoms with Gasteiger partial charge in [0, 0.05) is 28.5 Å². The molecule has 0 radical (unpaired) electrons. The fourth-order valence-electron chi connectivity index (χ4n) is 8.81. The summed E-state index contributed by atoms with van der Waals surface area (Å²) in [5, 5.41) is 36.8. The fraction of sp³-hybridized carbons (Fsp3) is 0.444. The Morgan fingerprint density at radius 1 is 0.948 bits per heavy atom. The van der Waals surface area contributed by atoms with Crippen LogP contribution in [0.5, 0.6) is 11.6 Å². The maximum absolute atomic E-state index is 17.0. The van der Waals surface area contributed by atoms with Crippen molar-refractivity contribution in [2.24, 2.45) is 11.8 Å². The number of hydrogen-bond donors (Lipinski definition) is 3. The van der Waals surface area contributed by atoms with Gasteiger partial charge in [0.05, 0.1) is 24.8 Å². The predicted molar refractivity (Wildman–Crippen MR) is 218 cm³/mol. The molecule has 0 saturated heterocycles. The number of aliphatic hydroxyl groups excluding tert-OH is 3. The van der Waals surface area contributed by atoms with E-state index in [0.29, 0.717) is 0 Å². The van der Waals surface area contributed by atoms with Crippen LogP contribution in [0, 0.1) is 24.6 Å². The molecule has 1 fully saturated rings. The van der Waals surface area contributed by atoms with Crippen LogP contribution < -0.4 is 9.47 Å². The van der Waals surface area contributed by atoms with Crippen LogP contribution in [-0.2, 0) is 28.9 Å². The molecule has 0 unspecified atom stereocenters. The van der Waals surface area contributed by atoms with Crippen LogP contribution in [0.4, 0.5) is 4.39 Å². The topological polar surface area (TPSA) is 152 Å². The van der Waals surface area contributed by atoms with Crippen molar-refractivity contribution in [3.05, 3.63) is 117 Å². The number of aliphatic hydroxyl groups is 3. The Labute approximate surface area is 339 Å². The zero-order valence-corrected chi connectivity index (χ0v) is 35.4. The first-order valence-electron chi connectivity index (χ1n) is 19.8. The van der Waals surface area contributed by atoms with Gasteiger partial charge in [0.15, 0.2) is 19.7 Å². The third-order valence-electron chi connectivity index (χ3n) is 12.7. The summed E-state index contributed by atoms with van der Waals surface area (Å²) in [6, 6.07) is 18.0. The van der Waals surface area contributed by atoms with E-state index in [4.69, 9.17) is 18.4 Å². The van der Waals surface area contributed by atoms with Gasteiger partial charge in [-0.25, -0.2) is 4.39 Å². The minimum absolute atomic E-state index is 0.00908. The standard InChI is InChI=1S/C45H53FN2O9Si/c1-25-32(29(21-49)22-50)36(46)30-19-28-20-31-37(48(5)6)40-35(43(47-56-40)55-24-27-17-13-10-14-18-27)42(53)45(31,57-58(7,8)44(2,3)4)41(52)33(28)38(51)34(30)39(25)54-23-26-15-11-9-12-16-26/h9-18,28-29,31,37,49-51H,19-24H2,1-8H3/t28-,31-,37-,45-/m0/s1. The van der Waals surface area contributed by atoms with Crippen molar-refractivity contribution < 1.29 is 47.7 Å². The first-order chi connectivity index (χ1) is 27.5. The number of hydrogen-bond acceptors (Lipinski definition) is 11. The molecule has 4 atom stereocenters. The van der Waals surface area contributed by atoms with Gasteiger partial charge in [-0.1, -0.05) is 81.4 Å². The van der Waals surface area contributed by atoms with Gasteiger partial charge in [-0.2, -0.15) is 0 Å². The monoisotopic (exact) mass is 812 g/mol. The quantitative estimate of drug-likeness (QED) is 0.0957. The summed E-state index contributed by atoms with van der Waals surface area (Å²) in [7, 11) is 0.659. The summed E-state index contributed by atoms with van der Waals surface area (Å²) in [5.41, 5.74) is -0.0340. The van der Waals surface area contributed by atoms with Crippen molar-refractivity contribution in [1.82, 2.24) is 10.1 Å². The SMILES string of the molecule is Cc1c(OCc2ccccc2)c2c(c(F)c1C(CO)CO)C[C@H]1C[C@H]3[C@H](N(C)C)c4onc(OCc5ccccc5)c4C(=O)[C@@]3(O[Si](C)(C)C(C)(C)C)C(=O)C1=C2O. The van der Waals surface area contributed by atoms with Gasteiger partial charge in [-0.15, -0.1) is 0 Å². The van der Waals surface area contributed by atoms with Gasteiger partial charge in [0.25, 0.3) is 5.88 Å². The smallest absolute Gasteiger partial charge is 0.265 e. The van der Waals surface area contributed by atoms with E-state index in [-0.39, 0.29) is 76.8 Å². The van der Waals surface area contributed by atoms with Crippen molar-refractivity contribution in [2.45, 2.75) is 89.4 Å². The average Bonchev–Trinajstić information content (AvgIpc) is 3.60. The fourth-order valence-corrected chi connectivity index (χ4v) is 10.3. The van der Waals surface area contributed by atoms with Crippen LogP contribution in [-0.4, -0.2) is 78.2 Å². The number of carbonyl (C=O) groups excluding carboxylic acids is 2. The molecule has 1 saturated carbocycles. The molecule has 3 aliphatic rings. The normalized spacial score (nSPS) is 21.8. The highest BCUT2D eigenvalue weighted by molar-refractivity contribution is 6.74. The number of nitrogens with zero attached hydrogens (tertiary/aromatic N) is 2. The van der Waals surface area contributed by atoms with Crippen molar-refractivity contribution >= 4 is 25.6 Å². The maximum Gasteiger partial charge on any atom is 0.265 e. The van der Waals surface area contributed by atoms with Crippen LogP contribution in [0.25, 0.3) is 5.76 Å². The second-order valence-electron chi connectivity index (χ2n) is 17.5. The van der Waals surface area contributed by atoms with Crippen LogP contribution >= 0.6 is 0 Å². The van der Waals surface area contributed by atoms with E-state index in [2.05, 4.69) is 5.16 Å². The van der Waals surface area contributed by atoms with Crippen molar-refractivity contribution in [1.29, 1.82) is 0 Å². The molecular formula is C45H53FN2O9Si. The average molecular weight is 813 g/mol. The lowest BCUT2D eigenvalue weighted by atomic mass is 9.57. The molecule has 7 rings (SSSR count). The molecule has 0 amide bonds. The van der Waals surface area contributed by atoms with Crippen molar-refractivity contribution in [3.63, 3.8) is 0 Å². The summed E-state index contributed by atoms with van der Waals surface area (Å²) in [6.45, 7) is 10.7. The van der Waals surface area contributed by atoms with E-state index in [9.17, 15) is 15.3 Å². The molecule has 1 heterocycles. The van der Waals surface area contributed by atoms with Gasteiger partial charge < -0.3 is 33.7 Å². The summed E-state index contributed by atoms with van der Waals surface area (Å²) >= 11 is 0. The lowest BCUT2D eigenvalue weighted by Gasteiger charge is -2.55. The van der Waals surface area contributed by atoms with Gasteiger partial charge in [0.2, 0.25) is 11.6 Å². The lowest BCUT2D eigenvalue weighted by Crippen LogP contribution is -2.68. The Morgan fingerprint density at radius 3 is 2.09 bits per heavy atom. The molecule has 0 aliphatic heterocycles. The van der Waals surface area contributed by atoms with Crippen molar-refractivity contribution in [2.75, 3.05) is 27.3 Å². The molecule has 0 bridgehead atoms. The Kier molecular flexibility index (Phi) is 11.1. The van der Waals surface area contributed by atoms with Gasteiger partial charge in [-0.05, 0) is 79.8 Å². The third kappa shape index (κ3) is 6.70. The molecule has 13 heteroatoms. The van der Waals surface area contributed by atoms with E-state index in [1.165, 1.54) is 0 Å². The zero-order chi connectivity index (χ0) is 41.9. The number of ether oxygens (including phenoxy) is 2. The molecule has 3 aliphatic carbocycles. The first-order valence-corrected chi connectivity index (χ1v) is 22.7. The number of carbonyl (C=O) groups is 2. The lowest BCUT2D eigenvalue weighted by molar-refractivity contribution is -0.140. The molecular weight excluding hydrogens is 760 g/mol. The van der Waals surface area contributed by atoms with Crippen LogP contribution in [0.2, 0.25) is 18.1 Å². The van der Waals surface area contributed by atoms with E-state index < -0.39 is 79.1 Å². The highest BCUT2D eigenvalue weighted by Gasteiger charge is 2.69. The summed E-state index contributed by atoms with van der Waals surface area (Å²) in [5.74, 6) is -4.77. The number of ketones is 2.